The molecule has 3 rings (SSSR count). The number of nitrogens with zero attached hydrogens (tertiary/aromatic N) is 3. The molecule has 1 heterocycles. The van der Waals surface area contributed by atoms with Gasteiger partial charge in [0.2, 0.25) is 0 Å². The molecule has 0 aliphatic heterocycles. The molecule has 2 N–H and O–H groups in total. The lowest BCUT2D eigenvalue weighted by Gasteiger charge is -2.12. The Balaban J connectivity index is 1.58. The Kier molecular flexibility index (Phi) is 5.20. The van der Waals surface area contributed by atoms with Gasteiger partial charge in [-0.05, 0) is 54.9 Å². The fourth-order valence-electron chi connectivity index (χ4n) is 2.46. The molecule has 0 saturated carbocycles. The summed E-state index contributed by atoms with van der Waals surface area (Å²) >= 11 is 5.30. The molecular formula is C19H19N5S. The molecule has 0 saturated heterocycles. The topological polar surface area (TPSA) is 54.2 Å². The van der Waals surface area contributed by atoms with Crippen LogP contribution >= 0.6 is 12.2 Å². The monoisotopic (exact) mass is 349 g/mol. The molecule has 25 heavy (non-hydrogen) atoms. The Morgan fingerprint density at radius 3 is 2.48 bits per heavy atom. The average molecular weight is 349 g/mol. The van der Waals surface area contributed by atoms with E-state index in [4.69, 9.17) is 12.2 Å². The van der Waals surface area contributed by atoms with E-state index in [2.05, 4.69) is 20.8 Å². The Bertz CT molecular complexity index is 862. The van der Waals surface area contributed by atoms with Crippen molar-refractivity contribution in [1.29, 1.82) is 0 Å². The molecule has 0 fully saturated rings. The predicted octanol–water partition coefficient (Wildman–Crippen LogP) is 3.81. The maximum absolute atomic E-state index is 5.30. The highest BCUT2D eigenvalue weighted by atomic mass is 32.1. The summed E-state index contributed by atoms with van der Waals surface area (Å²) in [6, 6.07) is 14.1. The van der Waals surface area contributed by atoms with Crippen molar-refractivity contribution in [3.63, 3.8) is 0 Å². The lowest BCUT2D eigenvalue weighted by atomic mass is 10.1. The summed E-state index contributed by atoms with van der Waals surface area (Å²) < 4.78 is 1.95. The van der Waals surface area contributed by atoms with E-state index < -0.39 is 0 Å². The number of nitrogens with one attached hydrogen (secondary N) is 2. The summed E-state index contributed by atoms with van der Waals surface area (Å²) in [5, 5.41) is 7.84. The van der Waals surface area contributed by atoms with Crippen LogP contribution in [-0.2, 0) is 0 Å². The van der Waals surface area contributed by atoms with E-state index in [1.807, 2.05) is 67.1 Å². The number of benzene rings is 2. The van der Waals surface area contributed by atoms with Crippen molar-refractivity contribution >= 4 is 29.2 Å². The molecule has 5 nitrogen and oxygen atoms in total. The van der Waals surface area contributed by atoms with Crippen molar-refractivity contribution in [3.8, 4) is 5.69 Å². The van der Waals surface area contributed by atoms with Crippen LogP contribution < -0.4 is 10.7 Å². The fraction of sp³-hybridized carbons (Fsp3) is 0.105. The zero-order valence-electron chi connectivity index (χ0n) is 14.1. The number of hydrogen-bond donors (Lipinski definition) is 2. The van der Waals surface area contributed by atoms with Crippen molar-refractivity contribution < 1.29 is 0 Å². The average Bonchev–Trinajstić information content (AvgIpc) is 3.13. The van der Waals surface area contributed by atoms with Gasteiger partial charge in [-0.25, -0.2) is 4.98 Å². The van der Waals surface area contributed by atoms with Crippen LogP contribution in [0.15, 0.2) is 66.3 Å². The van der Waals surface area contributed by atoms with Gasteiger partial charge in [-0.1, -0.05) is 30.3 Å². The summed E-state index contributed by atoms with van der Waals surface area (Å²) in [5.41, 5.74) is 8.18. The molecule has 0 spiro atoms. The number of anilines is 1. The minimum atomic E-state index is 0.462. The van der Waals surface area contributed by atoms with Gasteiger partial charge in [-0.15, -0.1) is 0 Å². The summed E-state index contributed by atoms with van der Waals surface area (Å²) in [7, 11) is 0. The van der Waals surface area contributed by atoms with Gasteiger partial charge in [-0.2, -0.15) is 5.10 Å². The number of thiocarbonyl (C=S) groups is 1. The van der Waals surface area contributed by atoms with E-state index in [1.54, 1.807) is 18.7 Å². The van der Waals surface area contributed by atoms with Crippen molar-refractivity contribution in [2.75, 3.05) is 5.32 Å². The van der Waals surface area contributed by atoms with Gasteiger partial charge in [0, 0.05) is 23.8 Å². The Morgan fingerprint density at radius 1 is 1.12 bits per heavy atom. The highest BCUT2D eigenvalue weighted by Gasteiger charge is 2.03. The van der Waals surface area contributed by atoms with Crippen LogP contribution in [0.2, 0.25) is 0 Å². The summed E-state index contributed by atoms with van der Waals surface area (Å²) in [5.74, 6) is 0. The molecule has 0 unspecified atom stereocenters. The van der Waals surface area contributed by atoms with Crippen LogP contribution in [0, 0.1) is 13.8 Å². The quantitative estimate of drug-likeness (QED) is 0.427. The number of hydrazone groups is 1. The van der Waals surface area contributed by atoms with E-state index in [9.17, 15) is 0 Å². The number of para-hydroxylation sites is 1. The molecule has 0 radical (unpaired) electrons. The largest absolute Gasteiger partial charge is 0.331 e. The number of hydrogen-bond acceptors (Lipinski definition) is 3. The zero-order chi connectivity index (χ0) is 17.6. The first-order valence-electron chi connectivity index (χ1n) is 7.88. The van der Waals surface area contributed by atoms with Crippen LogP contribution in [0.1, 0.15) is 16.7 Å². The molecular weight excluding hydrogens is 330 g/mol. The third-order valence-corrected chi connectivity index (χ3v) is 3.99. The Morgan fingerprint density at radius 2 is 1.84 bits per heavy atom. The molecule has 2 aromatic carbocycles. The lowest BCUT2D eigenvalue weighted by Crippen LogP contribution is -2.24. The van der Waals surface area contributed by atoms with E-state index in [0.717, 1.165) is 28.1 Å². The van der Waals surface area contributed by atoms with Gasteiger partial charge >= 0.3 is 0 Å². The van der Waals surface area contributed by atoms with Crippen LogP contribution in [-0.4, -0.2) is 20.9 Å². The molecule has 0 aliphatic rings. The molecule has 0 amide bonds. The normalized spacial score (nSPS) is 10.8. The summed E-state index contributed by atoms with van der Waals surface area (Å²) in [4.78, 5) is 4.04. The second-order valence-electron chi connectivity index (χ2n) is 5.65. The molecule has 1 aromatic heterocycles. The highest BCUT2D eigenvalue weighted by molar-refractivity contribution is 7.80. The number of rotatable bonds is 4. The van der Waals surface area contributed by atoms with Gasteiger partial charge < -0.3 is 9.88 Å². The van der Waals surface area contributed by atoms with Gasteiger partial charge in [0.25, 0.3) is 0 Å². The van der Waals surface area contributed by atoms with E-state index in [1.165, 1.54) is 0 Å². The van der Waals surface area contributed by atoms with Crippen LogP contribution in [0.4, 0.5) is 5.69 Å². The van der Waals surface area contributed by atoms with Gasteiger partial charge in [0.1, 0.15) is 0 Å². The Labute approximate surface area is 152 Å². The molecule has 126 valence electrons. The number of aryl methyl sites for hydroxylation is 2. The van der Waals surface area contributed by atoms with E-state index in [0.29, 0.717) is 5.11 Å². The predicted molar refractivity (Wildman–Crippen MR) is 106 cm³/mol. The first-order chi connectivity index (χ1) is 12.1. The van der Waals surface area contributed by atoms with Crippen LogP contribution in [0.5, 0.6) is 0 Å². The van der Waals surface area contributed by atoms with Gasteiger partial charge in [-0.3, -0.25) is 5.43 Å². The second kappa shape index (κ2) is 7.72. The molecule has 0 bridgehead atoms. The lowest BCUT2D eigenvalue weighted by molar-refractivity contribution is 1.05. The smallest absolute Gasteiger partial charge is 0.191 e. The number of aromatic nitrogens is 2. The highest BCUT2D eigenvalue weighted by Crippen LogP contribution is 2.19. The van der Waals surface area contributed by atoms with Crippen molar-refractivity contribution in [3.05, 3.63) is 77.9 Å². The third kappa shape index (κ3) is 4.30. The third-order valence-electron chi connectivity index (χ3n) is 3.80. The first kappa shape index (κ1) is 16.9. The summed E-state index contributed by atoms with van der Waals surface area (Å²) in [6.45, 7) is 4.09. The van der Waals surface area contributed by atoms with Crippen molar-refractivity contribution in [1.82, 2.24) is 15.0 Å². The van der Waals surface area contributed by atoms with E-state index >= 15 is 0 Å². The van der Waals surface area contributed by atoms with Gasteiger partial charge in [0.05, 0.1) is 12.5 Å². The maximum atomic E-state index is 5.30. The maximum Gasteiger partial charge on any atom is 0.191 e. The second-order valence-corrected chi connectivity index (χ2v) is 6.06. The zero-order valence-corrected chi connectivity index (χ0v) is 14.9. The van der Waals surface area contributed by atoms with E-state index in [-0.39, 0.29) is 0 Å². The SMILES string of the molecule is Cc1cccc(C)c1NC(=S)N/N=C/c1ccc(-n2ccnc2)cc1. The molecule has 6 heteroatoms. The summed E-state index contributed by atoms with van der Waals surface area (Å²) in [6.07, 6.45) is 7.16. The Hall–Kier alpha value is -2.99. The minimum absolute atomic E-state index is 0.462. The standard InChI is InChI=1S/C19H19N5S/c1-14-4-3-5-15(2)18(14)22-19(25)23-21-12-16-6-8-17(9-7-16)24-11-10-20-13-24/h3-13H,1-2H3,(H2,22,23,25)/b21-12+. The van der Waals surface area contributed by atoms with Crippen LogP contribution in [0.25, 0.3) is 5.69 Å². The molecule has 0 aliphatic carbocycles. The number of imidazole rings is 1. The first-order valence-corrected chi connectivity index (χ1v) is 8.29. The van der Waals surface area contributed by atoms with Crippen LogP contribution in [0.3, 0.4) is 0 Å². The molecule has 0 atom stereocenters. The van der Waals surface area contributed by atoms with Gasteiger partial charge in [0.15, 0.2) is 5.11 Å². The van der Waals surface area contributed by atoms with Crippen molar-refractivity contribution in [2.24, 2.45) is 5.10 Å². The van der Waals surface area contributed by atoms with Crippen molar-refractivity contribution in [2.45, 2.75) is 13.8 Å². The molecule has 3 aromatic rings. The minimum Gasteiger partial charge on any atom is -0.331 e. The fourth-order valence-corrected chi connectivity index (χ4v) is 2.62.